The minimum absolute atomic E-state index is 0.257. The summed E-state index contributed by atoms with van der Waals surface area (Å²) < 4.78 is 5.46. The predicted molar refractivity (Wildman–Crippen MR) is 81.8 cm³/mol. The van der Waals surface area contributed by atoms with E-state index in [1.54, 1.807) is 0 Å². The zero-order valence-electron chi connectivity index (χ0n) is 13.0. The molecule has 1 saturated carbocycles. The maximum Gasteiger partial charge on any atom is 0.0607 e. The molecule has 0 radical (unpaired) electrons. The first kappa shape index (κ1) is 14.8. The van der Waals surface area contributed by atoms with Gasteiger partial charge in [0, 0.05) is 38.3 Å². The molecule has 0 spiro atoms. The van der Waals surface area contributed by atoms with Crippen LogP contribution in [0, 0.1) is 0 Å². The fourth-order valence-electron chi connectivity index (χ4n) is 4.50. The van der Waals surface area contributed by atoms with Crippen LogP contribution in [0.2, 0.25) is 0 Å². The van der Waals surface area contributed by atoms with Crippen molar-refractivity contribution in [1.82, 2.24) is 9.80 Å². The third-order valence-corrected chi connectivity index (χ3v) is 5.97. The summed E-state index contributed by atoms with van der Waals surface area (Å²) in [5, 5.41) is 0. The number of likely N-dealkylation sites (tertiary alicyclic amines) is 2. The average Bonchev–Trinajstić information content (AvgIpc) is 2.49. The van der Waals surface area contributed by atoms with E-state index in [9.17, 15) is 0 Å². The third-order valence-electron chi connectivity index (χ3n) is 5.97. The number of nitrogens with two attached hydrogens (primary N) is 1. The van der Waals surface area contributed by atoms with Crippen LogP contribution < -0.4 is 5.73 Å². The Labute approximate surface area is 123 Å². The highest BCUT2D eigenvalue weighted by molar-refractivity contribution is 5.05. The molecule has 0 bridgehead atoms. The van der Waals surface area contributed by atoms with E-state index in [2.05, 4.69) is 9.80 Å². The van der Waals surface area contributed by atoms with E-state index in [-0.39, 0.29) is 5.54 Å². The minimum Gasteiger partial charge on any atom is -0.381 e. The van der Waals surface area contributed by atoms with Crippen LogP contribution in [0.15, 0.2) is 0 Å². The second kappa shape index (κ2) is 6.30. The molecule has 2 heterocycles. The molecule has 20 heavy (non-hydrogen) atoms. The zero-order chi connectivity index (χ0) is 14.0. The fraction of sp³-hybridized carbons (Fsp3) is 1.00. The molecule has 0 amide bonds. The monoisotopic (exact) mass is 281 g/mol. The SMILES string of the molecule is COC1CC(CN)(N2CCC(N3CCCCC3)CC2)C1. The second-order valence-corrected chi connectivity index (χ2v) is 7.01. The summed E-state index contributed by atoms with van der Waals surface area (Å²) >= 11 is 0. The van der Waals surface area contributed by atoms with E-state index in [1.807, 2.05) is 7.11 Å². The molecule has 0 aromatic rings. The van der Waals surface area contributed by atoms with Crippen LogP contribution in [0.1, 0.15) is 44.9 Å². The Morgan fingerprint density at radius 3 is 2.25 bits per heavy atom. The van der Waals surface area contributed by atoms with Crippen molar-refractivity contribution in [1.29, 1.82) is 0 Å². The van der Waals surface area contributed by atoms with Crippen molar-refractivity contribution in [2.24, 2.45) is 5.73 Å². The number of nitrogens with zero attached hydrogens (tertiary/aromatic N) is 2. The van der Waals surface area contributed by atoms with E-state index >= 15 is 0 Å². The van der Waals surface area contributed by atoms with Crippen molar-refractivity contribution >= 4 is 0 Å². The maximum atomic E-state index is 6.09. The highest BCUT2D eigenvalue weighted by Crippen LogP contribution is 2.40. The highest BCUT2D eigenvalue weighted by Gasteiger charge is 2.48. The maximum absolute atomic E-state index is 6.09. The summed E-state index contributed by atoms with van der Waals surface area (Å²) in [6, 6.07) is 0.833. The van der Waals surface area contributed by atoms with Gasteiger partial charge in [0.1, 0.15) is 0 Å². The first-order valence-corrected chi connectivity index (χ1v) is 8.49. The summed E-state index contributed by atoms with van der Waals surface area (Å²) in [5.41, 5.74) is 6.34. The van der Waals surface area contributed by atoms with Crippen LogP contribution in [-0.2, 0) is 4.74 Å². The van der Waals surface area contributed by atoms with Crippen molar-refractivity contribution < 1.29 is 4.74 Å². The van der Waals surface area contributed by atoms with Crippen LogP contribution in [0.25, 0.3) is 0 Å². The summed E-state index contributed by atoms with van der Waals surface area (Å²) in [6.45, 7) is 5.92. The van der Waals surface area contributed by atoms with Crippen molar-refractivity contribution in [2.75, 3.05) is 39.8 Å². The lowest BCUT2D eigenvalue weighted by Crippen LogP contribution is -2.66. The van der Waals surface area contributed by atoms with Gasteiger partial charge in [-0.3, -0.25) is 4.90 Å². The molecule has 0 aromatic heterocycles. The van der Waals surface area contributed by atoms with Crippen LogP contribution >= 0.6 is 0 Å². The normalized spacial score (nSPS) is 37.8. The lowest BCUT2D eigenvalue weighted by atomic mass is 9.72. The summed E-state index contributed by atoms with van der Waals surface area (Å²) in [7, 11) is 1.83. The average molecular weight is 281 g/mol. The van der Waals surface area contributed by atoms with Crippen LogP contribution in [0.3, 0.4) is 0 Å². The molecule has 2 saturated heterocycles. The van der Waals surface area contributed by atoms with Gasteiger partial charge < -0.3 is 15.4 Å². The molecular formula is C16H31N3O. The largest absolute Gasteiger partial charge is 0.381 e. The predicted octanol–water partition coefficient (Wildman–Crippen LogP) is 1.44. The highest BCUT2D eigenvalue weighted by atomic mass is 16.5. The molecule has 3 aliphatic rings. The molecule has 116 valence electrons. The molecule has 1 aliphatic carbocycles. The molecule has 0 unspecified atom stereocenters. The van der Waals surface area contributed by atoms with Crippen LogP contribution in [-0.4, -0.2) is 67.3 Å². The molecule has 2 N–H and O–H groups in total. The van der Waals surface area contributed by atoms with Gasteiger partial charge in [-0.2, -0.15) is 0 Å². The van der Waals surface area contributed by atoms with Gasteiger partial charge in [0.05, 0.1) is 6.10 Å². The van der Waals surface area contributed by atoms with E-state index < -0.39 is 0 Å². The summed E-state index contributed by atoms with van der Waals surface area (Å²) in [5.74, 6) is 0. The second-order valence-electron chi connectivity index (χ2n) is 7.01. The number of methoxy groups -OCH3 is 1. The van der Waals surface area contributed by atoms with Crippen molar-refractivity contribution in [3.63, 3.8) is 0 Å². The Morgan fingerprint density at radius 1 is 1.05 bits per heavy atom. The van der Waals surface area contributed by atoms with Gasteiger partial charge in [-0.1, -0.05) is 6.42 Å². The van der Waals surface area contributed by atoms with Crippen LogP contribution in [0.5, 0.6) is 0 Å². The quantitative estimate of drug-likeness (QED) is 0.847. The first-order valence-electron chi connectivity index (χ1n) is 8.49. The third kappa shape index (κ3) is 2.76. The Morgan fingerprint density at radius 2 is 1.70 bits per heavy atom. The number of hydrogen-bond acceptors (Lipinski definition) is 4. The van der Waals surface area contributed by atoms with Gasteiger partial charge in [-0.05, 0) is 51.6 Å². The topological polar surface area (TPSA) is 41.7 Å². The number of rotatable bonds is 4. The molecule has 2 aliphatic heterocycles. The van der Waals surface area contributed by atoms with Crippen LogP contribution in [0.4, 0.5) is 0 Å². The lowest BCUT2D eigenvalue weighted by molar-refractivity contribution is -0.0985. The fourth-order valence-corrected chi connectivity index (χ4v) is 4.50. The molecule has 4 nitrogen and oxygen atoms in total. The molecule has 0 aromatic carbocycles. The zero-order valence-corrected chi connectivity index (χ0v) is 13.0. The van der Waals surface area contributed by atoms with Gasteiger partial charge in [0.15, 0.2) is 0 Å². The Kier molecular flexibility index (Phi) is 4.65. The Bertz CT molecular complexity index is 303. The van der Waals surface area contributed by atoms with E-state index in [0.29, 0.717) is 6.10 Å². The smallest absolute Gasteiger partial charge is 0.0607 e. The van der Waals surface area contributed by atoms with E-state index in [0.717, 1.165) is 25.4 Å². The van der Waals surface area contributed by atoms with Gasteiger partial charge in [0.2, 0.25) is 0 Å². The minimum atomic E-state index is 0.257. The molecule has 3 fully saturated rings. The summed E-state index contributed by atoms with van der Waals surface area (Å²) in [4.78, 5) is 5.41. The number of hydrogen-bond donors (Lipinski definition) is 1. The molecular weight excluding hydrogens is 250 g/mol. The van der Waals surface area contributed by atoms with Crippen molar-refractivity contribution in [3.8, 4) is 0 Å². The van der Waals surface area contributed by atoms with Gasteiger partial charge in [-0.15, -0.1) is 0 Å². The first-order chi connectivity index (χ1) is 9.77. The summed E-state index contributed by atoms with van der Waals surface area (Å²) in [6.07, 6.45) is 9.62. The van der Waals surface area contributed by atoms with Crippen molar-refractivity contribution in [2.45, 2.75) is 62.6 Å². The Balaban J connectivity index is 1.50. The van der Waals surface area contributed by atoms with Gasteiger partial charge in [0.25, 0.3) is 0 Å². The standard InChI is InChI=1S/C16H31N3O/c1-20-15-11-16(12-15,13-17)19-9-5-14(6-10-19)18-7-3-2-4-8-18/h14-15H,2-13,17H2,1H3. The van der Waals surface area contributed by atoms with Crippen molar-refractivity contribution in [3.05, 3.63) is 0 Å². The Hall–Kier alpha value is -0.160. The lowest BCUT2D eigenvalue weighted by Gasteiger charge is -2.55. The molecule has 4 heteroatoms. The van der Waals surface area contributed by atoms with E-state index in [1.165, 1.54) is 58.3 Å². The molecule has 3 rings (SSSR count). The number of ether oxygens (including phenoxy) is 1. The number of piperidine rings is 2. The van der Waals surface area contributed by atoms with Gasteiger partial charge in [-0.25, -0.2) is 0 Å². The van der Waals surface area contributed by atoms with E-state index in [4.69, 9.17) is 10.5 Å². The van der Waals surface area contributed by atoms with Gasteiger partial charge >= 0.3 is 0 Å². The molecule has 0 atom stereocenters.